The summed E-state index contributed by atoms with van der Waals surface area (Å²) in [5, 5.41) is 0. The molecule has 1 N–H and O–H groups in total. The Kier molecular flexibility index (Phi) is 3.97. The Morgan fingerprint density at radius 1 is 0.962 bits per heavy atom. The van der Waals surface area contributed by atoms with Gasteiger partial charge in [0.1, 0.15) is 29.5 Å². The minimum absolute atomic E-state index is 0.411. The molecule has 1 unspecified atom stereocenters. The van der Waals surface area contributed by atoms with Crippen molar-refractivity contribution in [2.45, 2.75) is 18.7 Å². The molecule has 0 aliphatic carbocycles. The first kappa shape index (κ1) is 17.0. The fourth-order valence-electron chi connectivity index (χ4n) is 3.35. The highest BCUT2D eigenvalue weighted by molar-refractivity contribution is 8.09. The minimum atomic E-state index is -0.411. The maximum absolute atomic E-state index is 4.95. The smallest absolute Gasteiger partial charge is 0.146 e. The van der Waals surface area contributed by atoms with Crippen LogP contribution in [-0.4, -0.2) is 36.3 Å². The third-order valence-electron chi connectivity index (χ3n) is 4.96. The summed E-state index contributed by atoms with van der Waals surface area (Å²) in [5.41, 5.74) is 6.45. The number of aryl methyl sites for hydroxylation is 4. The SMILES string of the molecule is C=S([OH+]C)c1cc(C)ccc1-c1nc2cc3c(cc2n1C)nc(C)n3C. The van der Waals surface area contributed by atoms with Gasteiger partial charge in [-0.05, 0) is 43.7 Å². The van der Waals surface area contributed by atoms with Gasteiger partial charge in [0.05, 0.1) is 27.0 Å². The molecule has 4 aromatic rings. The molecule has 26 heavy (non-hydrogen) atoms. The average Bonchev–Trinajstić information content (AvgIpc) is 3.09. The Bertz CT molecular complexity index is 1190. The van der Waals surface area contributed by atoms with Crippen molar-refractivity contribution in [2.24, 2.45) is 14.1 Å². The predicted octanol–water partition coefficient (Wildman–Crippen LogP) is 3.88. The van der Waals surface area contributed by atoms with Gasteiger partial charge in [-0.25, -0.2) is 9.97 Å². The number of imidazole rings is 2. The summed E-state index contributed by atoms with van der Waals surface area (Å²) >= 11 is 0. The van der Waals surface area contributed by atoms with E-state index in [1.807, 2.05) is 21.1 Å². The Morgan fingerprint density at radius 3 is 2.31 bits per heavy atom. The van der Waals surface area contributed by atoms with Crippen molar-refractivity contribution in [1.82, 2.24) is 19.1 Å². The fourth-order valence-corrected chi connectivity index (χ4v) is 4.28. The lowest BCUT2D eigenvalue weighted by Crippen LogP contribution is -1.96. The third kappa shape index (κ3) is 2.48. The van der Waals surface area contributed by atoms with Crippen molar-refractivity contribution >= 4 is 38.7 Å². The van der Waals surface area contributed by atoms with Crippen molar-refractivity contribution in [2.75, 3.05) is 7.11 Å². The normalized spacial score (nSPS) is 13.0. The van der Waals surface area contributed by atoms with Crippen molar-refractivity contribution in [3.05, 3.63) is 41.7 Å². The second kappa shape index (κ2) is 6.07. The van der Waals surface area contributed by atoms with Gasteiger partial charge in [-0.15, -0.1) is 0 Å². The van der Waals surface area contributed by atoms with E-state index in [2.05, 4.69) is 68.5 Å². The van der Waals surface area contributed by atoms with E-state index in [1.165, 1.54) is 5.56 Å². The highest BCUT2D eigenvalue weighted by Crippen LogP contribution is 2.36. The van der Waals surface area contributed by atoms with E-state index in [4.69, 9.17) is 4.98 Å². The first-order valence-electron chi connectivity index (χ1n) is 8.45. The maximum Gasteiger partial charge on any atom is 0.146 e. The molecular weight excluding hydrogens is 344 g/mol. The Balaban J connectivity index is 2.00. The summed E-state index contributed by atoms with van der Waals surface area (Å²) in [6.45, 7) is 4.11. The number of nitrogens with zero attached hydrogens (tertiary/aromatic N) is 4. The number of rotatable bonds is 3. The molecule has 0 amide bonds. The minimum Gasteiger partial charge on any atom is -0.368 e. The molecule has 0 aliphatic rings. The zero-order valence-electron chi connectivity index (χ0n) is 15.7. The quantitative estimate of drug-likeness (QED) is 0.408. The fraction of sp³-hybridized carbons (Fsp3) is 0.250. The number of aromatic nitrogens is 4. The molecule has 0 fully saturated rings. The van der Waals surface area contributed by atoms with E-state index in [0.29, 0.717) is 0 Å². The molecule has 0 bridgehead atoms. The Labute approximate surface area is 155 Å². The predicted molar refractivity (Wildman–Crippen MR) is 111 cm³/mol. The summed E-state index contributed by atoms with van der Waals surface area (Å²) < 4.78 is 8.63. The van der Waals surface area contributed by atoms with Crippen molar-refractivity contribution < 1.29 is 4.18 Å². The van der Waals surface area contributed by atoms with Crippen LogP contribution in [0.2, 0.25) is 0 Å². The molecule has 1 atom stereocenters. The Morgan fingerprint density at radius 2 is 1.62 bits per heavy atom. The topological polar surface area (TPSA) is 48.4 Å². The van der Waals surface area contributed by atoms with Crippen molar-refractivity contribution in [1.29, 1.82) is 0 Å². The van der Waals surface area contributed by atoms with Crippen LogP contribution in [0.25, 0.3) is 33.5 Å². The molecule has 2 aromatic heterocycles. The molecule has 0 aliphatic heterocycles. The standard InChI is InChI=1S/C20H22N4OS/c1-12-7-8-14(19(9-12)26(6)25-5)20-22-16-11-17-15(10-18(16)24(20)4)21-13(2)23(17)3/h7-11H,6H2,1-5H3/p+1. The van der Waals surface area contributed by atoms with Crippen molar-refractivity contribution in [3.63, 3.8) is 0 Å². The summed E-state index contributed by atoms with van der Waals surface area (Å²) in [7, 11) is 5.50. The van der Waals surface area contributed by atoms with Crippen LogP contribution in [0.3, 0.4) is 0 Å². The van der Waals surface area contributed by atoms with Gasteiger partial charge in [0.25, 0.3) is 0 Å². The van der Waals surface area contributed by atoms with Gasteiger partial charge in [0.2, 0.25) is 0 Å². The van der Waals surface area contributed by atoms with Crippen LogP contribution < -0.4 is 0 Å². The average molecular weight is 367 g/mol. The highest BCUT2D eigenvalue weighted by Gasteiger charge is 2.18. The van der Waals surface area contributed by atoms with E-state index in [9.17, 15) is 0 Å². The molecule has 5 nitrogen and oxygen atoms in total. The molecule has 0 saturated carbocycles. The van der Waals surface area contributed by atoms with Crippen LogP contribution in [0, 0.1) is 13.8 Å². The van der Waals surface area contributed by atoms with Crippen LogP contribution in [0.5, 0.6) is 0 Å². The largest absolute Gasteiger partial charge is 0.368 e. The van der Waals surface area contributed by atoms with Crippen LogP contribution in [0.4, 0.5) is 0 Å². The van der Waals surface area contributed by atoms with Gasteiger partial charge < -0.3 is 13.3 Å². The van der Waals surface area contributed by atoms with Gasteiger partial charge in [0, 0.05) is 25.5 Å². The maximum atomic E-state index is 4.95. The van der Waals surface area contributed by atoms with Gasteiger partial charge in [0.15, 0.2) is 0 Å². The summed E-state index contributed by atoms with van der Waals surface area (Å²) in [4.78, 5) is 10.7. The molecular formula is C20H23N4OS+. The zero-order valence-corrected chi connectivity index (χ0v) is 16.6. The first-order chi connectivity index (χ1) is 12.4. The second-order valence-corrected chi connectivity index (χ2v) is 8.12. The number of hydrogen-bond acceptors (Lipinski definition) is 2. The summed E-state index contributed by atoms with van der Waals surface area (Å²) in [6.07, 6.45) is 0. The second-order valence-electron chi connectivity index (χ2n) is 6.59. The molecule has 2 aromatic carbocycles. The molecule has 134 valence electrons. The van der Waals surface area contributed by atoms with Crippen LogP contribution in [-0.2, 0) is 14.1 Å². The van der Waals surface area contributed by atoms with E-state index >= 15 is 0 Å². The van der Waals surface area contributed by atoms with E-state index < -0.39 is 10.8 Å². The van der Waals surface area contributed by atoms with Crippen LogP contribution in [0.15, 0.2) is 35.2 Å². The summed E-state index contributed by atoms with van der Waals surface area (Å²) in [6, 6.07) is 10.7. The lowest BCUT2D eigenvalue weighted by Gasteiger charge is -2.10. The number of fused-ring (bicyclic) bond motifs is 2. The first-order valence-corrected chi connectivity index (χ1v) is 9.80. The van der Waals surface area contributed by atoms with E-state index in [0.717, 1.165) is 44.2 Å². The molecule has 4 rings (SSSR count). The molecule has 0 radical (unpaired) electrons. The summed E-state index contributed by atoms with van der Waals surface area (Å²) in [5.74, 6) is 6.14. The molecule has 6 heteroatoms. The van der Waals surface area contributed by atoms with Gasteiger partial charge in [-0.1, -0.05) is 6.07 Å². The van der Waals surface area contributed by atoms with Crippen LogP contribution in [0.1, 0.15) is 11.4 Å². The molecule has 2 heterocycles. The lowest BCUT2D eigenvalue weighted by molar-refractivity contribution is 0.272. The number of hydrogen-bond donors (Lipinski definition) is 0. The monoisotopic (exact) mass is 367 g/mol. The van der Waals surface area contributed by atoms with Gasteiger partial charge in [-0.2, -0.15) is 0 Å². The lowest BCUT2D eigenvalue weighted by atomic mass is 10.1. The third-order valence-corrected chi connectivity index (χ3v) is 6.24. The molecule has 0 spiro atoms. The highest BCUT2D eigenvalue weighted by atomic mass is 32.2. The number of aliphatic hydroxyl groups is 1. The van der Waals surface area contributed by atoms with Gasteiger partial charge in [-0.3, -0.25) is 0 Å². The number of benzene rings is 2. The Hall–Kier alpha value is -2.44. The van der Waals surface area contributed by atoms with Crippen molar-refractivity contribution in [3.8, 4) is 11.4 Å². The van der Waals surface area contributed by atoms with Gasteiger partial charge >= 0.3 is 0 Å². The molecule has 0 saturated heterocycles. The zero-order chi connectivity index (χ0) is 18.6. The van der Waals surface area contributed by atoms with E-state index in [-0.39, 0.29) is 0 Å². The van der Waals surface area contributed by atoms with Crippen LogP contribution >= 0.6 is 10.8 Å². The van der Waals surface area contributed by atoms with E-state index in [1.54, 1.807) is 0 Å².